The van der Waals surface area contributed by atoms with E-state index < -0.39 is 0 Å². The third kappa shape index (κ3) is 2.39. The van der Waals surface area contributed by atoms with Crippen LogP contribution in [0.1, 0.15) is 11.0 Å². The Labute approximate surface area is 94.9 Å². The predicted molar refractivity (Wildman–Crippen MR) is 63.2 cm³/mol. The summed E-state index contributed by atoms with van der Waals surface area (Å²) in [5, 5.41) is 12.3. The number of likely N-dealkylation sites (N-methyl/N-ethyl adjacent to an activating group) is 2. The molecule has 1 fully saturated rings. The molecule has 1 aliphatic heterocycles. The van der Waals surface area contributed by atoms with Gasteiger partial charge in [-0.15, -0.1) is 11.3 Å². The molecule has 0 aromatic carbocycles. The lowest BCUT2D eigenvalue weighted by Gasteiger charge is -2.39. The molecule has 1 aliphatic rings. The van der Waals surface area contributed by atoms with Gasteiger partial charge in [-0.1, -0.05) is 6.07 Å². The summed E-state index contributed by atoms with van der Waals surface area (Å²) in [6.45, 7) is 3.06. The molecule has 1 aromatic heterocycles. The normalized spacial score (nSPS) is 26.7. The van der Waals surface area contributed by atoms with Crippen LogP contribution < -0.4 is 0 Å². The Morgan fingerprint density at radius 3 is 2.93 bits per heavy atom. The van der Waals surface area contributed by atoms with Crippen molar-refractivity contribution in [1.29, 1.82) is 0 Å². The van der Waals surface area contributed by atoms with Gasteiger partial charge in [0.2, 0.25) is 0 Å². The number of aliphatic hydroxyl groups is 1. The van der Waals surface area contributed by atoms with E-state index in [4.69, 9.17) is 0 Å². The molecule has 0 saturated carbocycles. The highest BCUT2D eigenvalue weighted by Gasteiger charge is 2.29. The lowest BCUT2D eigenvalue weighted by atomic mass is 10.1. The zero-order valence-corrected chi connectivity index (χ0v) is 10.1. The summed E-state index contributed by atoms with van der Waals surface area (Å²) in [5.74, 6) is 0. The third-order valence-electron chi connectivity index (χ3n) is 3.10. The van der Waals surface area contributed by atoms with Crippen LogP contribution in [-0.2, 0) is 0 Å². The summed E-state index contributed by atoms with van der Waals surface area (Å²) < 4.78 is 0. The van der Waals surface area contributed by atoms with Gasteiger partial charge in [-0.3, -0.25) is 4.90 Å². The molecule has 2 atom stereocenters. The van der Waals surface area contributed by atoms with Crippen LogP contribution in [0.25, 0.3) is 0 Å². The largest absolute Gasteiger partial charge is 0.386 e. The smallest absolute Gasteiger partial charge is 0.105 e. The van der Waals surface area contributed by atoms with Crippen LogP contribution in [0.3, 0.4) is 0 Å². The molecule has 0 aliphatic carbocycles. The monoisotopic (exact) mass is 226 g/mol. The second kappa shape index (κ2) is 4.61. The van der Waals surface area contributed by atoms with Crippen molar-refractivity contribution >= 4 is 11.3 Å². The van der Waals surface area contributed by atoms with Crippen molar-refractivity contribution < 1.29 is 5.11 Å². The van der Waals surface area contributed by atoms with Crippen LogP contribution >= 0.6 is 11.3 Å². The molecular weight excluding hydrogens is 208 g/mol. The summed E-state index contributed by atoms with van der Waals surface area (Å²) in [6, 6.07) is 4.23. The summed E-state index contributed by atoms with van der Waals surface area (Å²) in [4.78, 5) is 5.61. The molecule has 0 bridgehead atoms. The lowest BCUT2D eigenvalue weighted by Crippen LogP contribution is -2.52. The van der Waals surface area contributed by atoms with Gasteiger partial charge in [-0.2, -0.15) is 0 Å². The van der Waals surface area contributed by atoms with Crippen LogP contribution in [0.2, 0.25) is 0 Å². The molecule has 2 heterocycles. The van der Waals surface area contributed by atoms with Gasteiger partial charge in [0.15, 0.2) is 0 Å². The number of hydrogen-bond acceptors (Lipinski definition) is 4. The minimum Gasteiger partial charge on any atom is -0.386 e. The number of aliphatic hydroxyl groups excluding tert-OH is 1. The number of hydrogen-bond donors (Lipinski definition) is 1. The first kappa shape index (κ1) is 11.1. The highest BCUT2D eigenvalue weighted by atomic mass is 32.1. The van der Waals surface area contributed by atoms with Gasteiger partial charge in [-0.05, 0) is 25.5 Å². The van der Waals surface area contributed by atoms with Crippen LogP contribution in [0.4, 0.5) is 0 Å². The van der Waals surface area contributed by atoms with Crippen molar-refractivity contribution in [3.63, 3.8) is 0 Å². The second-order valence-electron chi connectivity index (χ2n) is 4.27. The van der Waals surface area contributed by atoms with Crippen molar-refractivity contribution in [2.45, 2.75) is 12.1 Å². The molecular formula is C11H18N2OS. The molecule has 2 rings (SSSR count). The fourth-order valence-corrected chi connectivity index (χ4v) is 2.80. The first-order valence-corrected chi connectivity index (χ1v) is 6.16. The Kier molecular flexibility index (Phi) is 3.41. The molecule has 1 N–H and O–H groups in total. The minimum atomic E-state index is -0.349. The Morgan fingerprint density at radius 1 is 1.47 bits per heavy atom. The molecule has 1 aromatic rings. The Balaban J connectivity index is 2.08. The first-order chi connectivity index (χ1) is 7.18. The van der Waals surface area contributed by atoms with Crippen molar-refractivity contribution in [3.05, 3.63) is 22.4 Å². The van der Waals surface area contributed by atoms with E-state index in [2.05, 4.69) is 23.9 Å². The number of rotatable bonds is 2. The minimum absolute atomic E-state index is 0.224. The summed E-state index contributed by atoms with van der Waals surface area (Å²) in [6.07, 6.45) is -0.349. The first-order valence-electron chi connectivity index (χ1n) is 5.28. The topological polar surface area (TPSA) is 26.7 Å². The highest BCUT2D eigenvalue weighted by molar-refractivity contribution is 7.10. The third-order valence-corrected chi connectivity index (χ3v) is 4.04. The van der Waals surface area contributed by atoms with E-state index in [0.29, 0.717) is 0 Å². The maximum Gasteiger partial charge on any atom is 0.105 e. The zero-order valence-electron chi connectivity index (χ0n) is 9.26. The van der Waals surface area contributed by atoms with E-state index in [1.54, 1.807) is 11.3 Å². The van der Waals surface area contributed by atoms with Crippen molar-refractivity contribution in [2.75, 3.05) is 33.7 Å². The molecule has 15 heavy (non-hydrogen) atoms. The lowest BCUT2D eigenvalue weighted by molar-refractivity contribution is 0.0156. The predicted octanol–water partition coefficient (Wildman–Crippen LogP) is 1.03. The number of nitrogens with zero attached hydrogens (tertiary/aromatic N) is 2. The molecule has 84 valence electrons. The van der Waals surface area contributed by atoms with E-state index in [-0.39, 0.29) is 12.1 Å². The summed E-state index contributed by atoms with van der Waals surface area (Å²) in [5.41, 5.74) is 0. The average molecular weight is 226 g/mol. The Morgan fingerprint density at radius 2 is 2.27 bits per heavy atom. The molecule has 0 spiro atoms. The molecule has 0 amide bonds. The SMILES string of the molecule is CN1CCN(C)C(C(O)c2cccs2)C1. The van der Waals surface area contributed by atoms with E-state index in [1.165, 1.54) is 0 Å². The van der Waals surface area contributed by atoms with Gasteiger partial charge in [0.25, 0.3) is 0 Å². The van der Waals surface area contributed by atoms with E-state index in [0.717, 1.165) is 24.5 Å². The van der Waals surface area contributed by atoms with Crippen molar-refractivity contribution in [2.24, 2.45) is 0 Å². The van der Waals surface area contributed by atoms with E-state index >= 15 is 0 Å². The molecule has 4 heteroatoms. The maximum atomic E-state index is 10.3. The van der Waals surface area contributed by atoms with Crippen LogP contribution in [-0.4, -0.2) is 54.7 Å². The highest BCUT2D eigenvalue weighted by Crippen LogP contribution is 2.26. The van der Waals surface area contributed by atoms with Crippen LogP contribution in [0.15, 0.2) is 17.5 Å². The van der Waals surface area contributed by atoms with Crippen molar-refractivity contribution in [1.82, 2.24) is 9.80 Å². The van der Waals surface area contributed by atoms with E-state index in [1.807, 2.05) is 17.5 Å². The van der Waals surface area contributed by atoms with Crippen LogP contribution in [0, 0.1) is 0 Å². The van der Waals surface area contributed by atoms with Crippen molar-refractivity contribution in [3.8, 4) is 0 Å². The van der Waals surface area contributed by atoms with Crippen LogP contribution in [0.5, 0.6) is 0 Å². The molecule has 2 unspecified atom stereocenters. The van der Waals surface area contributed by atoms with Gasteiger partial charge >= 0.3 is 0 Å². The summed E-state index contributed by atoms with van der Waals surface area (Å²) >= 11 is 1.63. The van der Waals surface area contributed by atoms with Gasteiger partial charge < -0.3 is 10.0 Å². The fourth-order valence-electron chi connectivity index (χ4n) is 2.03. The maximum absolute atomic E-state index is 10.3. The van der Waals surface area contributed by atoms with Gasteiger partial charge in [-0.25, -0.2) is 0 Å². The van der Waals surface area contributed by atoms with E-state index in [9.17, 15) is 5.11 Å². The fraction of sp³-hybridized carbons (Fsp3) is 0.636. The van der Waals surface area contributed by atoms with Gasteiger partial charge in [0.1, 0.15) is 6.10 Å². The second-order valence-corrected chi connectivity index (χ2v) is 5.25. The Hall–Kier alpha value is -0.420. The standard InChI is InChI=1S/C11H18N2OS/c1-12-5-6-13(2)9(8-12)11(14)10-4-3-7-15-10/h3-4,7,9,11,14H,5-6,8H2,1-2H3. The summed E-state index contributed by atoms with van der Waals surface area (Å²) in [7, 11) is 4.20. The van der Waals surface area contributed by atoms with Gasteiger partial charge in [0, 0.05) is 24.5 Å². The molecule has 0 radical (unpaired) electrons. The quantitative estimate of drug-likeness (QED) is 0.816. The average Bonchev–Trinajstić information content (AvgIpc) is 2.74. The molecule has 1 saturated heterocycles. The molecule has 3 nitrogen and oxygen atoms in total. The number of piperazine rings is 1. The number of thiophene rings is 1. The Bertz CT molecular complexity index is 302. The zero-order chi connectivity index (χ0) is 10.8. The van der Waals surface area contributed by atoms with Gasteiger partial charge in [0.05, 0.1) is 6.04 Å².